The predicted octanol–water partition coefficient (Wildman–Crippen LogP) is 3.93. The molecule has 1 aromatic carbocycles. The van der Waals surface area contributed by atoms with Crippen LogP contribution in [0.3, 0.4) is 0 Å². The van der Waals surface area contributed by atoms with Crippen LogP contribution in [0.1, 0.15) is 21.5 Å². The van der Waals surface area contributed by atoms with Crippen LogP contribution in [0.2, 0.25) is 8.67 Å². The van der Waals surface area contributed by atoms with Crippen LogP contribution in [0, 0.1) is 18.8 Å². The molecule has 0 spiro atoms. The molecule has 0 saturated heterocycles. The topological polar surface area (TPSA) is 55.1 Å². The van der Waals surface area contributed by atoms with Crippen LogP contribution in [0.25, 0.3) is 0 Å². The zero-order valence-corrected chi connectivity index (χ0v) is 13.5. The molecule has 0 fully saturated rings. The van der Waals surface area contributed by atoms with Crippen LogP contribution in [-0.4, -0.2) is 12.5 Å². The lowest BCUT2D eigenvalue weighted by Gasteiger charge is -2.08. The lowest BCUT2D eigenvalue weighted by Crippen LogP contribution is -2.12. The molecule has 0 aliphatic carbocycles. The zero-order chi connectivity index (χ0) is 15.4. The third-order valence-corrected chi connectivity index (χ3v) is 4.14. The largest absolute Gasteiger partial charge is 0.321 e. The molecule has 0 unspecified atom stereocenters. The molecule has 108 valence electrons. The Hall–Kier alpha value is -1.51. The Bertz CT molecular complexity index is 744. The van der Waals surface area contributed by atoms with Gasteiger partial charge in [-0.1, -0.05) is 41.1 Å². The van der Waals surface area contributed by atoms with Crippen LogP contribution in [0.4, 0.5) is 5.69 Å². The number of carbonyl (C=O) groups excluding carboxylic acids is 1. The van der Waals surface area contributed by atoms with Crippen molar-refractivity contribution in [2.45, 2.75) is 6.92 Å². The van der Waals surface area contributed by atoms with Crippen molar-refractivity contribution in [1.29, 1.82) is 0 Å². The Balaban J connectivity index is 2.32. The summed E-state index contributed by atoms with van der Waals surface area (Å²) in [5, 5.41) is 2.81. The third kappa shape index (κ3) is 3.99. The van der Waals surface area contributed by atoms with E-state index in [1.54, 1.807) is 6.07 Å². The second-order valence-electron chi connectivity index (χ2n) is 4.25. The SMILES string of the molecule is Cc1ccc(C#CCN)c(NC(=O)c2cc(Cl)sc2Cl)c1. The van der Waals surface area contributed by atoms with E-state index in [9.17, 15) is 4.79 Å². The summed E-state index contributed by atoms with van der Waals surface area (Å²) in [7, 11) is 0. The average Bonchev–Trinajstić information content (AvgIpc) is 2.77. The van der Waals surface area contributed by atoms with Gasteiger partial charge in [0.15, 0.2) is 0 Å². The molecule has 0 aliphatic rings. The maximum Gasteiger partial charge on any atom is 0.258 e. The normalized spacial score (nSPS) is 9.90. The number of benzene rings is 1. The highest BCUT2D eigenvalue weighted by Crippen LogP contribution is 2.31. The summed E-state index contributed by atoms with van der Waals surface area (Å²) in [5.41, 5.74) is 8.07. The summed E-state index contributed by atoms with van der Waals surface area (Å²) in [4.78, 5) is 12.3. The highest BCUT2D eigenvalue weighted by molar-refractivity contribution is 7.20. The van der Waals surface area contributed by atoms with Crippen molar-refractivity contribution in [3.05, 3.63) is 49.6 Å². The Morgan fingerprint density at radius 2 is 2.14 bits per heavy atom. The molecule has 0 saturated carbocycles. The molecule has 0 radical (unpaired) electrons. The molecule has 6 heteroatoms. The van der Waals surface area contributed by atoms with Gasteiger partial charge in [-0.15, -0.1) is 11.3 Å². The van der Waals surface area contributed by atoms with Gasteiger partial charge in [-0.3, -0.25) is 4.79 Å². The van der Waals surface area contributed by atoms with Crippen molar-refractivity contribution in [3.8, 4) is 11.8 Å². The number of rotatable bonds is 2. The van der Waals surface area contributed by atoms with Gasteiger partial charge in [-0.05, 0) is 30.7 Å². The molecule has 0 bridgehead atoms. The van der Waals surface area contributed by atoms with Crippen LogP contribution < -0.4 is 11.1 Å². The molecule has 1 amide bonds. The molecular weight excluding hydrogens is 327 g/mol. The fourth-order valence-corrected chi connectivity index (χ4v) is 3.16. The van der Waals surface area contributed by atoms with Gasteiger partial charge in [-0.2, -0.15) is 0 Å². The summed E-state index contributed by atoms with van der Waals surface area (Å²) in [5.74, 6) is 5.39. The van der Waals surface area contributed by atoms with Crippen LogP contribution >= 0.6 is 34.5 Å². The monoisotopic (exact) mass is 338 g/mol. The third-order valence-electron chi connectivity index (χ3n) is 2.65. The molecule has 1 aromatic heterocycles. The number of aryl methyl sites for hydroxylation is 1. The van der Waals surface area contributed by atoms with E-state index in [1.807, 2.05) is 25.1 Å². The van der Waals surface area contributed by atoms with Gasteiger partial charge in [0, 0.05) is 5.56 Å². The lowest BCUT2D eigenvalue weighted by atomic mass is 10.1. The maximum absolute atomic E-state index is 12.3. The Morgan fingerprint density at radius 1 is 1.38 bits per heavy atom. The number of hydrogen-bond acceptors (Lipinski definition) is 3. The zero-order valence-electron chi connectivity index (χ0n) is 11.2. The minimum absolute atomic E-state index is 0.257. The predicted molar refractivity (Wildman–Crippen MR) is 89.4 cm³/mol. The van der Waals surface area contributed by atoms with Gasteiger partial charge in [0.1, 0.15) is 4.34 Å². The van der Waals surface area contributed by atoms with Gasteiger partial charge in [0.05, 0.1) is 22.1 Å². The molecule has 0 aliphatic heterocycles. The minimum Gasteiger partial charge on any atom is -0.321 e. The first-order chi connectivity index (χ1) is 10.0. The number of halogens is 2. The molecule has 3 nitrogen and oxygen atoms in total. The molecule has 2 aromatic rings. The lowest BCUT2D eigenvalue weighted by molar-refractivity contribution is 0.102. The van der Waals surface area contributed by atoms with E-state index in [-0.39, 0.29) is 12.5 Å². The molecule has 3 N–H and O–H groups in total. The summed E-state index contributed by atoms with van der Waals surface area (Å²) >= 11 is 13.0. The van der Waals surface area contributed by atoms with Gasteiger partial charge in [0.25, 0.3) is 5.91 Å². The molecular formula is C15H12Cl2N2OS. The smallest absolute Gasteiger partial charge is 0.258 e. The van der Waals surface area contributed by atoms with E-state index in [0.717, 1.165) is 16.9 Å². The molecule has 0 atom stereocenters. The second-order valence-corrected chi connectivity index (χ2v) is 6.53. The number of hydrogen-bond donors (Lipinski definition) is 2. The van der Waals surface area contributed by atoms with Crippen LogP contribution in [0.5, 0.6) is 0 Å². The number of nitrogens with one attached hydrogen (secondary N) is 1. The summed E-state index contributed by atoms with van der Waals surface area (Å²) in [6.45, 7) is 2.19. The Kier molecular flexibility index (Phi) is 5.27. The van der Waals surface area contributed by atoms with Crippen LogP contribution in [-0.2, 0) is 0 Å². The van der Waals surface area contributed by atoms with Crippen molar-refractivity contribution < 1.29 is 4.79 Å². The van der Waals surface area contributed by atoms with E-state index < -0.39 is 0 Å². The van der Waals surface area contributed by atoms with Crippen molar-refractivity contribution in [2.24, 2.45) is 5.73 Å². The van der Waals surface area contributed by atoms with E-state index >= 15 is 0 Å². The van der Waals surface area contributed by atoms with Gasteiger partial charge >= 0.3 is 0 Å². The average molecular weight is 339 g/mol. The van der Waals surface area contributed by atoms with E-state index in [1.165, 1.54) is 0 Å². The minimum atomic E-state index is -0.315. The first-order valence-corrected chi connectivity index (χ1v) is 7.64. The highest BCUT2D eigenvalue weighted by atomic mass is 35.5. The fourth-order valence-electron chi connectivity index (χ4n) is 1.70. The summed E-state index contributed by atoms with van der Waals surface area (Å²) in [6.07, 6.45) is 0. The number of carbonyl (C=O) groups is 1. The Morgan fingerprint density at radius 3 is 2.76 bits per heavy atom. The van der Waals surface area contributed by atoms with E-state index in [4.69, 9.17) is 28.9 Å². The van der Waals surface area contributed by atoms with E-state index in [0.29, 0.717) is 25.5 Å². The number of anilines is 1. The van der Waals surface area contributed by atoms with Crippen molar-refractivity contribution >= 4 is 46.1 Å². The number of nitrogens with two attached hydrogens (primary N) is 1. The summed E-state index contributed by atoms with van der Waals surface area (Å²) < 4.78 is 0.831. The van der Waals surface area contributed by atoms with Gasteiger partial charge in [-0.25, -0.2) is 0 Å². The first-order valence-electron chi connectivity index (χ1n) is 6.07. The highest BCUT2D eigenvalue weighted by Gasteiger charge is 2.15. The quantitative estimate of drug-likeness (QED) is 0.815. The second kappa shape index (κ2) is 6.97. The molecule has 1 heterocycles. The van der Waals surface area contributed by atoms with Gasteiger partial charge < -0.3 is 11.1 Å². The summed E-state index contributed by atoms with van der Waals surface area (Å²) in [6, 6.07) is 7.16. The molecule has 2 rings (SSSR count). The van der Waals surface area contributed by atoms with Crippen LogP contribution in [0.15, 0.2) is 24.3 Å². The van der Waals surface area contributed by atoms with E-state index in [2.05, 4.69) is 17.2 Å². The number of amides is 1. The number of thiophene rings is 1. The first kappa shape index (κ1) is 15.9. The fraction of sp³-hybridized carbons (Fsp3) is 0.133. The Labute approximate surface area is 137 Å². The standard InChI is InChI=1S/C15H12Cl2N2OS/c1-9-4-5-10(3-2-6-18)12(7-9)19-15(20)11-8-13(16)21-14(11)17/h4-5,7-8H,6,18H2,1H3,(H,19,20). The van der Waals surface area contributed by atoms with Crippen molar-refractivity contribution in [2.75, 3.05) is 11.9 Å². The molecule has 21 heavy (non-hydrogen) atoms. The van der Waals surface area contributed by atoms with Crippen molar-refractivity contribution in [3.63, 3.8) is 0 Å². The van der Waals surface area contributed by atoms with Gasteiger partial charge in [0.2, 0.25) is 0 Å². The maximum atomic E-state index is 12.3. The van der Waals surface area contributed by atoms with Crippen molar-refractivity contribution in [1.82, 2.24) is 0 Å².